The summed E-state index contributed by atoms with van der Waals surface area (Å²) in [7, 11) is 1.48. The molecule has 0 aromatic rings. The Morgan fingerprint density at radius 3 is 2.37 bits per heavy atom. The number of methoxy groups -OCH3 is 1. The molecule has 1 rings (SSSR count). The summed E-state index contributed by atoms with van der Waals surface area (Å²) in [4.78, 5) is 0. The van der Waals surface area contributed by atoms with Crippen molar-refractivity contribution in [2.45, 2.75) is 37.4 Å². The number of aliphatic hydroxyl groups excluding tert-OH is 3. The van der Waals surface area contributed by atoms with Gasteiger partial charge in [-0.1, -0.05) is 0 Å². The van der Waals surface area contributed by atoms with E-state index in [1.54, 1.807) is 6.92 Å². The van der Waals surface area contributed by atoms with Crippen LogP contribution in [0, 0.1) is 0 Å². The van der Waals surface area contributed by atoms with Gasteiger partial charge in [-0.2, -0.15) is 0 Å². The molecule has 1 saturated heterocycles. The van der Waals surface area contributed by atoms with E-state index in [1.807, 2.05) is 0 Å². The highest BCUT2D eigenvalue weighted by Crippen LogP contribution is 2.25. The lowest BCUT2D eigenvalue weighted by atomic mass is 9.95. The Morgan fingerprint density at radius 1 is 1.11 bits per heavy atom. The first-order chi connectivity index (χ1) is 9.15. The van der Waals surface area contributed by atoms with Crippen molar-refractivity contribution in [2.75, 3.05) is 40.1 Å². The molecule has 1 aliphatic rings. The number of hydrogen-bond donors (Lipinski definition) is 3. The monoisotopic (exact) mass is 280 g/mol. The average molecular weight is 280 g/mol. The van der Waals surface area contributed by atoms with Crippen molar-refractivity contribution in [3.8, 4) is 0 Å². The molecular formula is C12H24O7. The van der Waals surface area contributed by atoms with Crippen LogP contribution in [0.5, 0.6) is 0 Å². The molecule has 0 aromatic heterocycles. The van der Waals surface area contributed by atoms with Crippen molar-refractivity contribution in [1.82, 2.24) is 0 Å². The highest BCUT2D eigenvalue weighted by atomic mass is 16.6. The van der Waals surface area contributed by atoms with Gasteiger partial charge in [0.1, 0.15) is 24.4 Å². The Bertz CT molecular complexity index is 236. The first-order valence-corrected chi connectivity index (χ1v) is 6.43. The van der Waals surface area contributed by atoms with Crippen LogP contribution in [0.2, 0.25) is 0 Å². The Labute approximate surface area is 113 Å². The first-order valence-electron chi connectivity index (χ1n) is 6.43. The summed E-state index contributed by atoms with van der Waals surface area (Å²) in [5.41, 5.74) is 0. The molecular weight excluding hydrogens is 256 g/mol. The van der Waals surface area contributed by atoms with Gasteiger partial charge in [-0.3, -0.25) is 0 Å². The smallest absolute Gasteiger partial charge is 0.114 e. The number of hydrogen-bond acceptors (Lipinski definition) is 7. The molecule has 4 unspecified atom stereocenters. The normalized spacial score (nSPS) is 35.5. The van der Waals surface area contributed by atoms with E-state index in [9.17, 15) is 5.11 Å². The van der Waals surface area contributed by atoms with Gasteiger partial charge in [0.25, 0.3) is 0 Å². The molecule has 1 heterocycles. The maximum Gasteiger partial charge on any atom is 0.114 e. The van der Waals surface area contributed by atoms with Crippen LogP contribution in [0.4, 0.5) is 0 Å². The summed E-state index contributed by atoms with van der Waals surface area (Å²) < 4.78 is 21.6. The second-order valence-corrected chi connectivity index (χ2v) is 4.43. The molecule has 0 bridgehead atoms. The van der Waals surface area contributed by atoms with E-state index >= 15 is 0 Å². The second kappa shape index (κ2) is 8.80. The van der Waals surface area contributed by atoms with Gasteiger partial charge in [0, 0.05) is 7.11 Å². The van der Waals surface area contributed by atoms with E-state index in [2.05, 4.69) is 0 Å². The third-order valence-electron chi connectivity index (χ3n) is 3.08. The molecule has 0 aliphatic carbocycles. The number of ether oxygens (including phenoxy) is 4. The second-order valence-electron chi connectivity index (χ2n) is 4.43. The highest BCUT2D eigenvalue weighted by Gasteiger charge is 2.44. The summed E-state index contributed by atoms with van der Waals surface area (Å²) in [5, 5.41) is 27.7. The van der Waals surface area contributed by atoms with E-state index in [1.165, 1.54) is 7.11 Å². The minimum absolute atomic E-state index is 0.0648. The van der Waals surface area contributed by atoms with Crippen LogP contribution in [-0.2, 0) is 18.9 Å². The molecule has 19 heavy (non-hydrogen) atoms. The van der Waals surface area contributed by atoms with Crippen molar-refractivity contribution in [2.24, 2.45) is 0 Å². The van der Waals surface area contributed by atoms with Crippen LogP contribution in [0.15, 0.2) is 0 Å². The zero-order valence-electron chi connectivity index (χ0n) is 11.4. The SMILES string of the molecule is COC1C(COCCO)O[C@@H](C)C(OCCO)C1O. The Kier molecular flexibility index (Phi) is 7.77. The van der Waals surface area contributed by atoms with Gasteiger partial charge in [0.05, 0.1) is 39.1 Å². The van der Waals surface area contributed by atoms with Crippen molar-refractivity contribution >= 4 is 0 Å². The lowest BCUT2D eigenvalue weighted by molar-refractivity contribution is -0.247. The zero-order valence-corrected chi connectivity index (χ0v) is 11.4. The summed E-state index contributed by atoms with van der Waals surface area (Å²) >= 11 is 0. The van der Waals surface area contributed by atoms with Crippen LogP contribution in [0.25, 0.3) is 0 Å². The molecule has 0 aromatic carbocycles. The van der Waals surface area contributed by atoms with Crippen LogP contribution >= 0.6 is 0 Å². The fourth-order valence-electron chi connectivity index (χ4n) is 2.23. The molecule has 0 spiro atoms. The van der Waals surface area contributed by atoms with E-state index in [0.717, 1.165) is 0 Å². The third-order valence-corrected chi connectivity index (χ3v) is 3.08. The van der Waals surface area contributed by atoms with Gasteiger partial charge in [0.15, 0.2) is 0 Å². The van der Waals surface area contributed by atoms with E-state index in [4.69, 9.17) is 29.2 Å². The topological polar surface area (TPSA) is 97.6 Å². The Morgan fingerprint density at radius 2 is 1.79 bits per heavy atom. The highest BCUT2D eigenvalue weighted by molar-refractivity contribution is 4.92. The quantitative estimate of drug-likeness (QED) is 0.467. The zero-order chi connectivity index (χ0) is 14.3. The van der Waals surface area contributed by atoms with Gasteiger partial charge < -0.3 is 34.3 Å². The predicted molar refractivity (Wildman–Crippen MR) is 65.9 cm³/mol. The van der Waals surface area contributed by atoms with Crippen molar-refractivity contribution < 1.29 is 34.3 Å². The van der Waals surface area contributed by atoms with Gasteiger partial charge >= 0.3 is 0 Å². The minimum atomic E-state index is -0.858. The van der Waals surface area contributed by atoms with Gasteiger partial charge in [-0.05, 0) is 6.92 Å². The Balaban J connectivity index is 2.58. The fraction of sp³-hybridized carbons (Fsp3) is 1.00. The van der Waals surface area contributed by atoms with Crippen molar-refractivity contribution in [3.63, 3.8) is 0 Å². The molecule has 7 nitrogen and oxygen atoms in total. The molecule has 3 N–H and O–H groups in total. The van der Waals surface area contributed by atoms with Crippen LogP contribution in [0.3, 0.4) is 0 Å². The van der Waals surface area contributed by atoms with Gasteiger partial charge in [-0.25, -0.2) is 0 Å². The lowest BCUT2D eigenvalue weighted by Crippen LogP contribution is -2.59. The van der Waals surface area contributed by atoms with Crippen LogP contribution in [0.1, 0.15) is 6.92 Å². The summed E-state index contributed by atoms with van der Waals surface area (Å²) in [6.07, 6.45) is -2.74. The molecule has 0 amide bonds. The summed E-state index contributed by atoms with van der Waals surface area (Å²) in [5.74, 6) is 0. The van der Waals surface area contributed by atoms with Crippen molar-refractivity contribution in [3.05, 3.63) is 0 Å². The molecule has 5 atom stereocenters. The van der Waals surface area contributed by atoms with E-state index < -0.39 is 24.4 Å². The standard InChI is InChI=1S/C12H24O7/c1-8-11(18-6-4-14)10(15)12(16-2)9(19-8)7-17-5-3-13/h8-15H,3-7H2,1-2H3/t8-,9?,10?,11?,12?/m0/s1. The molecule has 1 aliphatic heterocycles. The summed E-state index contributed by atoms with van der Waals surface area (Å²) in [6, 6.07) is 0. The van der Waals surface area contributed by atoms with E-state index in [0.29, 0.717) is 0 Å². The maximum atomic E-state index is 10.2. The van der Waals surface area contributed by atoms with Crippen LogP contribution < -0.4 is 0 Å². The van der Waals surface area contributed by atoms with Gasteiger partial charge in [0.2, 0.25) is 0 Å². The average Bonchev–Trinajstić information content (AvgIpc) is 2.39. The molecule has 1 fully saturated rings. The predicted octanol–water partition coefficient (Wildman–Crippen LogP) is -1.46. The summed E-state index contributed by atoms with van der Waals surface area (Å²) in [6.45, 7) is 2.19. The minimum Gasteiger partial charge on any atom is -0.394 e. The molecule has 0 radical (unpaired) electrons. The first kappa shape index (κ1) is 16.8. The third kappa shape index (κ3) is 4.64. The molecule has 114 valence electrons. The number of rotatable bonds is 8. The van der Waals surface area contributed by atoms with Gasteiger partial charge in [-0.15, -0.1) is 0 Å². The lowest BCUT2D eigenvalue weighted by Gasteiger charge is -2.42. The molecule has 7 heteroatoms. The van der Waals surface area contributed by atoms with Crippen molar-refractivity contribution in [1.29, 1.82) is 0 Å². The fourth-order valence-corrected chi connectivity index (χ4v) is 2.23. The van der Waals surface area contributed by atoms with Crippen LogP contribution in [-0.4, -0.2) is 86.0 Å². The molecule has 0 saturated carbocycles. The number of aliphatic hydroxyl groups is 3. The van der Waals surface area contributed by atoms with E-state index in [-0.39, 0.29) is 39.1 Å². The Hall–Kier alpha value is -0.280. The maximum absolute atomic E-state index is 10.2. The largest absolute Gasteiger partial charge is 0.394 e.